The van der Waals surface area contributed by atoms with Crippen LogP contribution in [0.5, 0.6) is 0 Å². The molecule has 1 rings (SSSR count). The monoisotopic (exact) mass is 292 g/mol. The van der Waals surface area contributed by atoms with E-state index in [2.05, 4.69) is 17.4 Å². The lowest BCUT2D eigenvalue weighted by Crippen LogP contribution is -2.27. The summed E-state index contributed by atoms with van der Waals surface area (Å²) in [6.45, 7) is 6.26. The van der Waals surface area contributed by atoms with Crippen molar-refractivity contribution >= 4 is 5.78 Å². The molecule has 0 aromatic heterocycles. The first-order chi connectivity index (χ1) is 10.2. The molecule has 0 amide bonds. The Labute approximate surface area is 126 Å². The molecule has 116 valence electrons. The smallest absolute Gasteiger partial charge is 0.136 e. The fraction of sp³-hybridized carbons (Fsp3) is 0.471. The van der Waals surface area contributed by atoms with Gasteiger partial charge in [-0.25, -0.2) is 9.82 Å². The zero-order valence-corrected chi connectivity index (χ0v) is 12.7. The minimum Gasteiger partial charge on any atom is -0.329 e. The Morgan fingerprint density at radius 2 is 2.24 bits per heavy atom. The van der Waals surface area contributed by atoms with E-state index in [1.807, 2.05) is 13.0 Å². The Hall–Kier alpha value is -1.68. The number of Topliss-reactive ketones (excluding diaryl/α,β-unsaturated/α-hetero) is 1. The molecule has 2 N–H and O–H groups in total. The van der Waals surface area contributed by atoms with E-state index < -0.39 is 0 Å². The van der Waals surface area contributed by atoms with Crippen LogP contribution in [0, 0.1) is 11.7 Å². The second-order valence-electron chi connectivity index (χ2n) is 5.12. The van der Waals surface area contributed by atoms with Crippen LogP contribution in [-0.4, -0.2) is 12.3 Å². The number of benzene rings is 1. The third-order valence-corrected chi connectivity index (χ3v) is 3.48. The fourth-order valence-corrected chi connectivity index (χ4v) is 2.36. The number of unbranched alkanes of at least 4 members (excludes halogenated alkanes) is 1. The van der Waals surface area contributed by atoms with Crippen molar-refractivity contribution in [3.63, 3.8) is 0 Å². The maximum Gasteiger partial charge on any atom is 0.136 e. The number of hydrogen-bond acceptors (Lipinski definition) is 3. The van der Waals surface area contributed by atoms with Crippen LogP contribution >= 0.6 is 0 Å². The second kappa shape index (κ2) is 10.1. The molecule has 1 atom stereocenters. The largest absolute Gasteiger partial charge is 0.329 e. The highest BCUT2D eigenvalue weighted by molar-refractivity contribution is 5.80. The molecule has 0 saturated heterocycles. The maximum atomic E-state index is 13.2. The molecule has 0 aliphatic heterocycles. The van der Waals surface area contributed by atoms with Crippen molar-refractivity contribution < 1.29 is 9.18 Å². The predicted octanol–water partition coefficient (Wildman–Crippen LogP) is 3.37. The quantitative estimate of drug-likeness (QED) is 0.485. The molecular weight excluding hydrogens is 267 g/mol. The first kappa shape index (κ1) is 17.4. The van der Waals surface area contributed by atoms with E-state index in [9.17, 15) is 9.18 Å². The van der Waals surface area contributed by atoms with E-state index in [-0.39, 0.29) is 17.5 Å². The predicted molar refractivity (Wildman–Crippen MR) is 84.1 cm³/mol. The van der Waals surface area contributed by atoms with Crippen molar-refractivity contribution in [1.82, 2.24) is 10.9 Å². The third kappa shape index (κ3) is 7.04. The molecule has 1 aromatic carbocycles. The number of ketones is 1. The van der Waals surface area contributed by atoms with E-state index in [4.69, 9.17) is 0 Å². The standard InChI is InChI=1S/C17H25FN2O/c1-3-17(21)15(9-5-6-11-20-19-4-2)12-14-8-7-10-16(18)13-14/h4,7-8,10,13,15,19-20H,2-3,5-6,9,11-12H2,1H3. The van der Waals surface area contributed by atoms with Gasteiger partial charge in [0.2, 0.25) is 0 Å². The molecule has 3 nitrogen and oxygen atoms in total. The molecule has 0 bridgehead atoms. The summed E-state index contributed by atoms with van der Waals surface area (Å²) in [6.07, 6.45) is 5.56. The Bertz CT molecular complexity index is 448. The SMILES string of the molecule is C=CNNCCCCC(Cc1cccc(F)c1)C(=O)CC. The van der Waals surface area contributed by atoms with Gasteiger partial charge >= 0.3 is 0 Å². The van der Waals surface area contributed by atoms with Gasteiger partial charge in [-0.1, -0.05) is 32.1 Å². The summed E-state index contributed by atoms with van der Waals surface area (Å²) < 4.78 is 13.2. The molecule has 4 heteroatoms. The minimum atomic E-state index is -0.241. The Morgan fingerprint density at radius 3 is 2.90 bits per heavy atom. The van der Waals surface area contributed by atoms with E-state index in [1.165, 1.54) is 12.1 Å². The van der Waals surface area contributed by atoms with Gasteiger partial charge < -0.3 is 5.43 Å². The summed E-state index contributed by atoms with van der Waals surface area (Å²) >= 11 is 0. The van der Waals surface area contributed by atoms with E-state index in [0.717, 1.165) is 31.4 Å². The zero-order valence-electron chi connectivity index (χ0n) is 12.7. The zero-order chi connectivity index (χ0) is 15.5. The van der Waals surface area contributed by atoms with Crippen LogP contribution in [0.3, 0.4) is 0 Å². The number of rotatable bonds is 11. The molecule has 0 aliphatic rings. The highest BCUT2D eigenvalue weighted by Gasteiger charge is 2.17. The molecule has 0 radical (unpaired) electrons. The summed E-state index contributed by atoms with van der Waals surface area (Å²) in [6, 6.07) is 6.53. The number of nitrogens with one attached hydrogen (secondary N) is 2. The topological polar surface area (TPSA) is 41.1 Å². The van der Waals surface area contributed by atoms with Crippen LogP contribution in [0.2, 0.25) is 0 Å². The Kier molecular flexibility index (Phi) is 8.36. The minimum absolute atomic E-state index is 0.0100. The first-order valence-electron chi connectivity index (χ1n) is 7.53. The molecule has 0 aliphatic carbocycles. The maximum absolute atomic E-state index is 13.2. The summed E-state index contributed by atoms with van der Waals surface area (Å²) in [5.41, 5.74) is 6.72. The number of hydrogen-bond donors (Lipinski definition) is 2. The van der Waals surface area contributed by atoms with Gasteiger partial charge in [0.15, 0.2) is 0 Å². The van der Waals surface area contributed by atoms with Gasteiger partial charge in [-0.3, -0.25) is 4.79 Å². The van der Waals surface area contributed by atoms with E-state index in [1.54, 1.807) is 12.3 Å². The van der Waals surface area contributed by atoms with Crippen LogP contribution in [0.25, 0.3) is 0 Å². The number of halogens is 1. The van der Waals surface area contributed by atoms with Gasteiger partial charge in [0.25, 0.3) is 0 Å². The first-order valence-corrected chi connectivity index (χ1v) is 7.53. The molecule has 0 heterocycles. The van der Waals surface area contributed by atoms with Crippen LogP contribution < -0.4 is 10.9 Å². The van der Waals surface area contributed by atoms with Crippen molar-refractivity contribution in [2.45, 2.75) is 39.0 Å². The second-order valence-corrected chi connectivity index (χ2v) is 5.12. The van der Waals surface area contributed by atoms with Gasteiger partial charge in [-0.05, 0) is 37.0 Å². The van der Waals surface area contributed by atoms with Crippen molar-refractivity contribution in [2.24, 2.45) is 5.92 Å². The fourth-order valence-electron chi connectivity index (χ4n) is 2.36. The Morgan fingerprint density at radius 1 is 1.43 bits per heavy atom. The van der Waals surface area contributed by atoms with Crippen LogP contribution in [0.1, 0.15) is 38.2 Å². The molecule has 1 aromatic rings. The highest BCUT2D eigenvalue weighted by atomic mass is 19.1. The normalized spacial score (nSPS) is 11.9. The summed E-state index contributed by atoms with van der Waals surface area (Å²) in [4.78, 5) is 12.0. The third-order valence-electron chi connectivity index (χ3n) is 3.48. The van der Waals surface area contributed by atoms with E-state index in [0.29, 0.717) is 12.8 Å². The summed E-state index contributed by atoms with van der Waals surface area (Å²) in [5.74, 6) is 0.00972. The number of carbonyl (C=O) groups is 1. The van der Waals surface area contributed by atoms with Crippen LogP contribution in [0.4, 0.5) is 4.39 Å². The highest BCUT2D eigenvalue weighted by Crippen LogP contribution is 2.18. The van der Waals surface area contributed by atoms with Gasteiger partial charge in [0, 0.05) is 25.1 Å². The lowest BCUT2D eigenvalue weighted by molar-refractivity contribution is -0.122. The van der Waals surface area contributed by atoms with Gasteiger partial charge in [0.05, 0.1) is 0 Å². The summed E-state index contributed by atoms with van der Waals surface area (Å²) in [7, 11) is 0. The van der Waals surface area contributed by atoms with Crippen molar-refractivity contribution in [2.75, 3.05) is 6.54 Å². The number of carbonyl (C=O) groups excluding carboxylic acids is 1. The van der Waals surface area contributed by atoms with Gasteiger partial charge in [-0.15, -0.1) is 0 Å². The van der Waals surface area contributed by atoms with Crippen molar-refractivity contribution in [3.05, 3.63) is 48.4 Å². The molecule has 1 unspecified atom stereocenters. The number of hydrazine groups is 1. The molecule has 0 fully saturated rings. The average Bonchev–Trinajstić information content (AvgIpc) is 2.48. The van der Waals surface area contributed by atoms with Crippen LogP contribution in [-0.2, 0) is 11.2 Å². The molecule has 0 spiro atoms. The van der Waals surface area contributed by atoms with Gasteiger partial charge in [0.1, 0.15) is 11.6 Å². The molecular formula is C17H25FN2O. The van der Waals surface area contributed by atoms with Gasteiger partial charge in [-0.2, -0.15) is 0 Å². The lowest BCUT2D eigenvalue weighted by Gasteiger charge is -2.15. The van der Waals surface area contributed by atoms with Crippen molar-refractivity contribution in [3.8, 4) is 0 Å². The lowest BCUT2D eigenvalue weighted by atomic mass is 9.89. The Balaban J connectivity index is 2.44. The van der Waals surface area contributed by atoms with E-state index >= 15 is 0 Å². The molecule has 21 heavy (non-hydrogen) atoms. The van der Waals surface area contributed by atoms with Crippen LogP contribution in [0.15, 0.2) is 37.0 Å². The average molecular weight is 292 g/mol. The summed E-state index contributed by atoms with van der Waals surface area (Å²) in [5, 5.41) is 0. The molecule has 0 saturated carbocycles. The van der Waals surface area contributed by atoms with Crippen molar-refractivity contribution in [1.29, 1.82) is 0 Å².